The van der Waals surface area contributed by atoms with Crippen LogP contribution in [0.4, 0.5) is 11.4 Å². The van der Waals surface area contributed by atoms with Crippen molar-refractivity contribution in [2.45, 2.75) is 0 Å². The summed E-state index contributed by atoms with van der Waals surface area (Å²) >= 11 is 11.0. The van der Waals surface area contributed by atoms with Gasteiger partial charge in [0.2, 0.25) is 5.91 Å². The molecule has 1 heterocycles. The number of hydrogen-bond acceptors (Lipinski definition) is 4. The van der Waals surface area contributed by atoms with Crippen LogP contribution >= 0.6 is 23.8 Å². The first kappa shape index (κ1) is 16.3. The van der Waals surface area contributed by atoms with Crippen molar-refractivity contribution < 1.29 is 9.59 Å². The number of thiocarbonyl (C=S) groups is 1. The van der Waals surface area contributed by atoms with Crippen molar-refractivity contribution in [3.63, 3.8) is 0 Å². The van der Waals surface area contributed by atoms with Crippen molar-refractivity contribution in [1.29, 1.82) is 0 Å². The molecule has 5 nitrogen and oxygen atoms in total. The number of aliphatic imine (C=N–C) groups is 1. The highest BCUT2D eigenvalue weighted by Gasteiger charge is 2.38. The molecule has 7 heteroatoms. The number of rotatable bonds is 3. The van der Waals surface area contributed by atoms with E-state index in [0.717, 1.165) is 0 Å². The lowest BCUT2D eigenvalue weighted by atomic mass is 10.1. The fourth-order valence-corrected chi connectivity index (χ4v) is 2.65. The Labute approximate surface area is 148 Å². The Bertz CT molecular complexity index is 821. The Kier molecular flexibility index (Phi) is 4.69. The highest BCUT2D eigenvalue weighted by atomic mass is 35.5. The summed E-state index contributed by atoms with van der Waals surface area (Å²) in [5, 5.41) is 3.11. The van der Waals surface area contributed by atoms with Crippen molar-refractivity contribution in [3.8, 4) is 0 Å². The van der Waals surface area contributed by atoms with Crippen LogP contribution in [0.15, 0.2) is 59.6 Å². The van der Waals surface area contributed by atoms with Crippen LogP contribution in [0.25, 0.3) is 0 Å². The molecular formula is C17H12ClN3O2S. The average molecular weight is 358 g/mol. The summed E-state index contributed by atoms with van der Waals surface area (Å²) in [6.45, 7) is 0. The topological polar surface area (TPSA) is 61.8 Å². The molecule has 2 aromatic rings. The number of nitrogens with one attached hydrogen (secondary N) is 1. The van der Waals surface area contributed by atoms with Crippen molar-refractivity contribution >= 4 is 58.3 Å². The van der Waals surface area contributed by atoms with Crippen LogP contribution in [0.5, 0.6) is 0 Å². The van der Waals surface area contributed by atoms with Crippen LogP contribution in [0.1, 0.15) is 0 Å². The average Bonchev–Trinajstić information content (AvgIpc) is 2.57. The molecule has 120 valence electrons. The Morgan fingerprint density at radius 2 is 1.75 bits per heavy atom. The number of hydrogen-bond donors (Lipinski definition) is 1. The molecule has 1 N–H and O–H groups in total. The molecule has 0 unspecified atom stereocenters. The normalized spacial score (nSPS) is 18.1. The van der Waals surface area contributed by atoms with Gasteiger partial charge in [0.25, 0.3) is 5.91 Å². The highest BCUT2D eigenvalue weighted by Crippen LogP contribution is 2.22. The molecule has 2 amide bonds. The summed E-state index contributed by atoms with van der Waals surface area (Å²) in [5.74, 6) is -1.99. The number of para-hydroxylation sites is 1. The quantitative estimate of drug-likeness (QED) is 0.521. The van der Waals surface area contributed by atoms with Gasteiger partial charge in [0.1, 0.15) is 0 Å². The standard InChI is InChI=1S/C17H12ClN3O2S/c18-11-6-8-13(9-7-11)21-16(23)14(15(22)20-17(21)24)10-19-12-4-2-1-3-5-12/h1-10,14H,(H,20,22,24)/t14-/m1/s1. The Hall–Kier alpha value is -2.57. The maximum Gasteiger partial charge on any atom is 0.251 e. The Balaban J connectivity index is 1.88. The molecule has 0 bridgehead atoms. The van der Waals surface area contributed by atoms with Crippen LogP contribution < -0.4 is 10.2 Å². The molecule has 0 spiro atoms. The Morgan fingerprint density at radius 1 is 1.08 bits per heavy atom. The predicted octanol–water partition coefficient (Wildman–Crippen LogP) is 3.11. The summed E-state index contributed by atoms with van der Waals surface area (Å²) in [4.78, 5) is 30.3. The summed E-state index contributed by atoms with van der Waals surface area (Å²) in [5.41, 5.74) is 1.19. The zero-order chi connectivity index (χ0) is 17.1. The molecule has 1 aliphatic heterocycles. The number of amides is 2. The number of carbonyl (C=O) groups excluding carboxylic acids is 2. The van der Waals surface area contributed by atoms with E-state index in [1.807, 2.05) is 18.2 Å². The first-order chi connectivity index (χ1) is 11.6. The molecule has 1 aliphatic rings. The van der Waals surface area contributed by atoms with Crippen LogP contribution in [-0.2, 0) is 9.59 Å². The highest BCUT2D eigenvalue weighted by molar-refractivity contribution is 7.80. The van der Waals surface area contributed by atoms with E-state index in [9.17, 15) is 9.59 Å². The van der Waals surface area contributed by atoms with Crippen LogP contribution in [0, 0.1) is 5.92 Å². The monoisotopic (exact) mass is 357 g/mol. The molecular weight excluding hydrogens is 346 g/mol. The van der Waals surface area contributed by atoms with Crippen molar-refractivity contribution in [2.24, 2.45) is 10.9 Å². The van der Waals surface area contributed by atoms with E-state index in [2.05, 4.69) is 10.3 Å². The van der Waals surface area contributed by atoms with E-state index < -0.39 is 17.7 Å². The SMILES string of the molecule is O=C1NC(=S)N(c2ccc(Cl)cc2)C(=O)[C@@H]1C=Nc1ccccc1. The lowest BCUT2D eigenvalue weighted by Gasteiger charge is -2.30. The maximum atomic E-state index is 12.7. The van der Waals surface area contributed by atoms with Gasteiger partial charge in [-0.3, -0.25) is 19.5 Å². The number of halogens is 1. The molecule has 1 fully saturated rings. The van der Waals surface area contributed by atoms with Gasteiger partial charge in [-0.05, 0) is 48.6 Å². The summed E-state index contributed by atoms with van der Waals surface area (Å²) in [7, 11) is 0. The van der Waals surface area contributed by atoms with Gasteiger partial charge in [0, 0.05) is 11.2 Å². The van der Waals surface area contributed by atoms with Gasteiger partial charge < -0.3 is 5.32 Å². The van der Waals surface area contributed by atoms with Gasteiger partial charge in [-0.1, -0.05) is 29.8 Å². The lowest BCUT2D eigenvalue weighted by Crippen LogP contribution is -2.58. The molecule has 24 heavy (non-hydrogen) atoms. The zero-order valence-electron chi connectivity index (χ0n) is 12.3. The largest absolute Gasteiger partial charge is 0.301 e. The minimum absolute atomic E-state index is 0.0386. The van der Waals surface area contributed by atoms with Gasteiger partial charge in [0.15, 0.2) is 11.0 Å². The van der Waals surface area contributed by atoms with E-state index in [0.29, 0.717) is 16.4 Å². The van der Waals surface area contributed by atoms with E-state index in [1.54, 1.807) is 36.4 Å². The fraction of sp³-hybridized carbons (Fsp3) is 0.0588. The zero-order valence-corrected chi connectivity index (χ0v) is 13.9. The number of nitrogens with zero attached hydrogens (tertiary/aromatic N) is 2. The lowest BCUT2D eigenvalue weighted by molar-refractivity contribution is -0.130. The predicted molar refractivity (Wildman–Crippen MR) is 97.8 cm³/mol. The third-order valence-electron chi connectivity index (χ3n) is 3.42. The first-order valence-corrected chi connectivity index (χ1v) is 7.88. The Morgan fingerprint density at radius 3 is 2.42 bits per heavy atom. The maximum absolute atomic E-state index is 12.7. The second kappa shape index (κ2) is 6.90. The summed E-state index contributed by atoms with van der Waals surface area (Å²) in [6.07, 6.45) is 1.33. The van der Waals surface area contributed by atoms with Gasteiger partial charge in [0.05, 0.1) is 11.4 Å². The molecule has 0 saturated carbocycles. The minimum Gasteiger partial charge on any atom is -0.301 e. The van der Waals surface area contributed by atoms with Crippen LogP contribution in [-0.4, -0.2) is 23.1 Å². The molecule has 1 atom stereocenters. The molecule has 2 aromatic carbocycles. The van der Waals surface area contributed by atoms with Crippen LogP contribution in [0.3, 0.4) is 0 Å². The van der Waals surface area contributed by atoms with Crippen molar-refractivity contribution in [2.75, 3.05) is 4.90 Å². The molecule has 3 rings (SSSR count). The van der Waals surface area contributed by atoms with E-state index >= 15 is 0 Å². The fourth-order valence-electron chi connectivity index (χ4n) is 2.23. The second-order valence-corrected chi connectivity index (χ2v) is 5.86. The van der Waals surface area contributed by atoms with Gasteiger partial charge in [-0.2, -0.15) is 0 Å². The second-order valence-electron chi connectivity index (χ2n) is 5.04. The summed E-state index contributed by atoms with van der Waals surface area (Å²) in [6, 6.07) is 15.7. The molecule has 0 aromatic heterocycles. The van der Waals surface area contributed by atoms with Gasteiger partial charge in [-0.15, -0.1) is 0 Å². The van der Waals surface area contributed by atoms with E-state index in [-0.39, 0.29) is 5.11 Å². The first-order valence-electron chi connectivity index (χ1n) is 7.10. The smallest absolute Gasteiger partial charge is 0.251 e. The van der Waals surface area contributed by atoms with Crippen molar-refractivity contribution in [3.05, 3.63) is 59.6 Å². The molecule has 0 radical (unpaired) electrons. The van der Waals surface area contributed by atoms with Gasteiger partial charge >= 0.3 is 0 Å². The number of carbonyl (C=O) groups is 2. The number of benzene rings is 2. The van der Waals surface area contributed by atoms with E-state index in [4.69, 9.17) is 23.8 Å². The molecule has 0 aliphatic carbocycles. The van der Waals surface area contributed by atoms with Crippen LogP contribution in [0.2, 0.25) is 5.02 Å². The third kappa shape index (κ3) is 3.34. The van der Waals surface area contributed by atoms with Gasteiger partial charge in [-0.25, -0.2) is 0 Å². The minimum atomic E-state index is -1.05. The molecule has 1 saturated heterocycles. The van der Waals surface area contributed by atoms with Crippen molar-refractivity contribution in [1.82, 2.24) is 5.32 Å². The summed E-state index contributed by atoms with van der Waals surface area (Å²) < 4.78 is 0. The van der Waals surface area contributed by atoms with E-state index in [1.165, 1.54) is 11.1 Å². The number of anilines is 1. The third-order valence-corrected chi connectivity index (χ3v) is 3.95.